The SMILES string of the molecule is COc1cc(Cl)nc(COc2ccccc2)n1. The molecule has 0 aliphatic carbocycles. The number of hydrogen-bond donors (Lipinski definition) is 0. The van der Waals surface area contributed by atoms with E-state index in [0.29, 0.717) is 16.9 Å². The highest BCUT2D eigenvalue weighted by atomic mass is 35.5. The molecule has 0 fully saturated rings. The Bertz CT molecular complexity index is 491. The molecular weight excluding hydrogens is 240 g/mol. The van der Waals surface area contributed by atoms with E-state index in [0.717, 1.165) is 5.75 Å². The van der Waals surface area contributed by atoms with Crippen molar-refractivity contribution in [3.05, 3.63) is 47.4 Å². The van der Waals surface area contributed by atoms with Gasteiger partial charge >= 0.3 is 0 Å². The molecule has 0 atom stereocenters. The second kappa shape index (κ2) is 5.50. The summed E-state index contributed by atoms with van der Waals surface area (Å²) in [5.74, 6) is 1.67. The van der Waals surface area contributed by atoms with Gasteiger partial charge in [0.2, 0.25) is 5.88 Å². The number of nitrogens with zero attached hydrogens (tertiary/aromatic N) is 2. The fourth-order valence-corrected chi connectivity index (χ4v) is 1.47. The van der Waals surface area contributed by atoms with Crippen LogP contribution in [-0.4, -0.2) is 17.1 Å². The van der Waals surface area contributed by atoms with E-state index in [1.165, 1.54) is 7.11 Å². The number of para-hydroxylation sites is 1. The Balaban J connectivity index is 2.06. The molecule has 0 saturated carbocycles. The fraction of sp³-hybridized carbons (Fsp3) is 0.167. The zero-order valence-electron chi connectivity index (χ0n) is 9.26. The van der Waals surface area contributed by atoms with Crippen LogP contribution in [0.15, 0.2) is 36.4 Å². The number of rotatable bonds is 4. The van der Waals surface area contributed by atoms with Crippen LogP contribution >= 0.6 is 11.6 Å². The van der Waals surface area contributed by atoms with Gasteiger partial charge in [0.25, 0.3) is 0 Å². The Morgan fingerprint density at radius 2 is 1.94 bits per heavy atom. The zero-order chi connectivity index (χ0) is 12.1. The minimum Gasteiger partial charge on any atom is -0.486 e. The summed E-state index contributed by atoms with van der Waals surface area (Å²) in [5, 5.41) is 0.337. The third kappa shape index (κ3) is 3.32. The lowest BCUT2D eigenvalue weighted by atomic mass is 10.3. The molecule has 0 bridgehead atoms. The normalized spacial score (nSPS) is 10.0. The second-order valence-electron chi connectivity index (χ2n) is 3.25. The molecule has 0 amide bonds. The first-order valence-corrected chi connectivity index (χ1v) is 5.41. The van der Waals surface area contributed by atoms with Gasteiger partial charge in [-0.2, -0.15) is 4.98 Å². The topological polar surface area (TPSA) is 44.2 Å². The second-order valence-corrected chi connectivity index (χ2v) is 3.64. The van der Waals surface area contributed by atoms with Gasteiger partial charge in [-0.25, -0.2) is 4.98 Å². The minimum atomic E-state index is 0.251. The molecule has 0 radical (unpaired) electrons. The molecular formula is C12H11ClN2O2. The molecule has 0 aliphatic heterocycles. The van der Waals surface area contributed by atoms with E-state index in [2.05, 4.69) is 9.97 Å². The van der Waals surface area contributed by atoms with Crippen molar-refractivity contribution in [1.29, 1.82) is 0 Å². The summed E-state index contributed by atoms with van der Waals surface area (Å²) in [5.41, 5.74) is 0. The van der Waals surface area contributed by atoms with Gasteiger partial charge in [0, 0.05) is 6.07 Å². The third-order valence-electron chi connectivity index (χ3n) is 2.04. The predicted octanol–water partition coefficient (Wildman–Crippen LogP) is 2.72. The molecule has 1 aromatic carbocycles. The maximum Gasteiger partial charge on any atom is 0.217 e. The summed E-state index contributed by atoms with van der Waals surface area (Å²) in [7, 11) is 1.53. The van der Waals surface area contributed by atoms with E-state index in [9.17, 15) is 0 Å². The van der Waals surface area contributed by atoms with E-state index in [4.69, 9.17) is 21.1 Å². The molecule has 88 valence electrons. The molecule has 5 heteroatoms. The lowest BCUT2D eigenvalue weighted by Crippen LogP contribution is -2.03. The van der Waals surface area contributed by atoms with Gasteiger partial charge < -0.3 is 9.47 Å². The average molecular weight is 251 g/mol. The molecule has 4 nitrogen and oxygen atoms in total. The van der Waals surface area contributed by atoms with Crippen LogP contribution in [-0.2, 0) is 6.61 Å². The first-order chi connectivity index (χ1) is 8.28. The van der Waals surface area contributed by atoms with Gasteiger partial charge in [-0.15, -0.1) is 0 Å². The smallest absolute Gasteiger partial charge is 0.217 e. The molecule has 0 spiro atoms. The molecule has 0 unspecified atom stereocenters. The number of aromatic nitrogens is 2. The van der Waals surface area contributed by atoms with E-state index in [-0.39, 0.29) is 6.61 Å². The van der Waals surface area contributed by atoms with E-state index in [1.807, 2.05) is 30.3 Å². The van der Waals surface area contributed by atoms with Crippen LogP contribution in [0.5, 0.6) is 11.6 Å². The summed E-state index contributed by atoms with van der Waals surface area (Å²) < 4.78 is 10.5. The molecule has 1 aromatic heterocycles. The Morgan fingerprint density at radius 3 is 2.65 bits per heavy atom. The molecule has 1 heterocycles. The highest BCUT2D eigenvalue weighted by molar-refractivity contribution is 6.29. The summed E-state index contributed by atoms with van der Waals surface area (Å²) in [4.78, 5) is 8.17. The number of hydrogen-bond acceptors (Lipinski definition) is 4. The fourth-order valence-electron chi connectivity index (χ4n) is 1.28. The van der Waals surface area contributed by atoms with Crippen LogP contribution in [0.1, 0.15) is 5.82 Å². The lowest BCUT2D eigenvalue weighted by molar-refractivity contribution is 0.292. The molecule has 0 aliphatic rings. The minimum absolute atomic E-state index is 0.251. The van der Waals surface area contributed by atoms with Crippen molar-refractivity contribution in [2.75, 3.05) is 7.11 Å². The predicted molar refractivity (Wildman–Crippen MR) is 64.4 cm³/mol. The van der Waals surface area contributed by atoms with Gasteiger partial charge in [0.1, 0.15) is 17.5 Å². The number of methoxy groups -OCH3 is 1. The van der Waals surface area contributed by atoms with E-state index >= 15 is 0 Å². The van der Waals surface area contributed by atoms with Crippen LogP contribution in [0.2, 0.25) is 5.15 Å². The highest BCUT2D eigenvalue weighted by Gasteiger charge is 2.04. The molecule has 2 aromatic rings. The Kier molecular flexibility index (Phi) is 3.77. The van der Waals surface area contributed by atoms with E-state index < -0.39 is 0 Å². The molecule has 0 saturated heterocycles. The van der Waals surface area contributed by atoms with Crippen LogP contribution in [0.25, 0.3) is 0 Å². The maximum absolute atomic E-state index is 5.82. The van der Waals surface area contributed by atoms with Crippen molar-refractivity contribution in [2.45, 2.75) is 6.61 Å². The third-order valence-corrected chi connectivity index (χ3v) is 2.23. The van der Waals surface area contributed by atoms with Crippen molar-refractivity contribution in [1.82, 2.24) is 9.97 Å². The van der Waals surface area contributed by atoms with Crippen LogP contribution in [0.4, 0.5) is 0 Å². The van der Waals surface area contributed by atoms with Crippen LogP contribution in [0, 0.1) is 0 Å². The van der Waals surface area contributed by atoms with Gasteiger partial charge in [-0.3, -0.25) is 0 Å². The van der Waals surface area contributed by atoms with Gasteiger partial charge in [-0.1, -0.05) is 29.8 Å². The summed E-state index contributed by atoms with van der Waals surface area (Å²) in [6, 6.07) is 11.0. The van der Waals surface area contributed by atoms with Crippen molar-refractivity contribution in [3.8, 4) is 11.6 Å². The largest absolute Gasteiger partial charge is 0.486 e. The summed E-state index contributed by atoms with van der Waals surface area (Å²) in [6.45, 7) is 0.251. The number of benzene rings is 1. The van der Waals surface area contributed by atoms with E-state index in [1.54, 1.807) is 6.07 Å². The summed E-state index contributed by atoms with van der Waals surface area (Å²) >= 11 is 5.82. The van der Waals surface area contributed by atoms with Gasteiger partial charge in [0.05, 0.1) is 7.11 Å². The molecule has 0 N–H and O–H groups in total. The zero-order valence-corrected chi connectivity index (χ0v) is 10.0. The average Bonchev–Trinajstić information content (AvgIpc) is 2.37. The van der Waals surface area contributed by atoms with Crippen molar-refractivity contribution >= 4 is 11.6 Å². The van der Waals surface area contributed by atoms with Crippen molar-refractivity contribution < 1.29 is 9.47 Å². The number of halogens is 1. The van der Waals surface area contributed by atoms with Gasteiger partial charge in [0.15, 0.2) is 5.82 Å². The molecule has 2 rings (SSSR count). The Hall–Kier alpha value is -1.81. The quantitative estimate of drug-likeness (QED) is 0.783. The summed E-state index contributed by atoms with van der Waals surface area (Å²) in [6.07, 6.45) is 0. The van der Waals surface area contributed by atoms with Crippen LogP contribution in [0.3, 0.4) is 0 Å². The lowest BCUT2D eigenvalue weighted by Gasteiger charge is -2.06. The monoisotopic (exact) mass is 250 g/mol. The maximum atomic E-state index is 5.82. The Labute approximate surface area is 104 Å². The number of ether oxygens (including phenoxy) is 2. The van der Waals surface area contributed by atoms with Gasteiger partial charge in [-0.05, 0) is 12.1 Å². The first-order valence-electron chi connectivity index (χ1n) is 5.03. The highest BCUT2D eigenvalue weighted by Crippen LogP contribution is 2.15. The first kappa shape index (κ1) is 11.7. The van der Waals surface area contributed by atoms with Crippen molar-refractivity contribution in [2.24, 2.45) is 0 Å². The standard InChI is InChI=1S/C12H11ClN2O2/c1-16-12-7-10(13)14-11(15-12)8-17-9-5-3-2-4-6-9/h2-7H,8H2,1H3. The van der Waals surface area contributed by atoms with Crippen molar-refractivity contribution in [3.63, 3.8) is 0 Å². The molecule has 17 heavy (non-hydrogen) atoms. The Morgan fingerprint density at radius 1 is 1.18 bits per heavy atom. The van der Waals surface area contributed by atoms with Crippen LogP contribution < -0.4 is 9.47 Å².